The number of hydrogen-bond acceptors (Lipinski definition) is 2. The lowest BCUT2D eigenvalue weighted by Crippen LogP contribution is -1.96. The van der Waals surface area contributed by atoms with Gasteiger partial charge in [-0.05, 0) is 6.07 Å². The predicted octanol–water partition coefficient (Wildman–Crippen LogP) is 2.56. The highest BCUT2D eigenvalue weighted by atomic mass is 16.3. The summed E-state index contributed by atoms with van der Waals surface area (Å²) in [6, 6.07) is 8.14. The van der Waals surface area contributed by atoms with Gasteiger partial charge in [0.1, 0.15) is 11.3 Å². The summed E-state index contributed by atoms with van der Waals surface area (Å²) in [5.74, 6) is 1.08. The number of benzene rings is 1. The maximum absolute atomic E-state index is 5.70. The standard InChI is InChI=1S/C11H9NO/c1-2-4-10-8(3-1)9-7-12-6-5-11(9)13-10/h1-4,6H,5,7H2. The van der Waals surface area contributed by atoms with Gasteiger partial charge >= 0.3 is 0 Å². The Bertz CT molecular complexity index is 482. The van der Waals surface area contributed by atoms with Crippen LogP contribution < -0.4 is 0 Å². The largest absolute Gasteiger partial charge is 0.460 e. The van der Waals surface area contributed by atoms with E-state index in [1.54, 1.807) is 0 Å². The Morgan fingerprint density at radius 1 is 1.23 bits per heavy atom. The van der Waals surface area contributed by atoms with Gasteiger partial charge in [0.05, 0.1) is 6.54 Å². The highest BCUT2D eigenvalue weighted by Crippen LogP contribution is 2.27. The summed E-state index contributed by atoms with van der Waals surface area (Å²) >= 11 is 0. The van der Waals surface area contributed by atoms with Gasteiger partial charge in [0.2, 0.25) is 0 Å². The second-order valence-corrected chi connectivity index (χ2v) is 3.23. The molecular formula is C11H9NO. The monoisotopic (exact) mass is 171 g/mol. The van der Waals surface area contributed by atoms with E-state index in [1.165, 1.54) is 10.9 Å². The predicted molar refractivity (Wildman–Crippen MR) is 52.1 cm³/mol. The van der Waals surface area contributed by atoms with Crippen molar-refractivity contribution >= 4 is 17.2 Å². The Labute approximate surface area is 75.9 Å². The van der Waals surface area contributed by atoms with Crippen molar-refractivity contribution in [1.82, 2.24) is 0 Å². The van der Waals surface area contributed by atoms with Gasteiger partial charge in [-0.3, -0.25) is 4.99 Å². The van der Waals surface area contributed by atoms with E-state index in [-0.39, 0.29) is 0 Å². The van der Waals surface area contributed by atoms with Gasteiger partial charge in [-0.15, -0.1) is 0 Å². The van der Waals surface area contributed by atoms with Crippen LogP contribution in [-0.2, 0) is 13.0 Å². The van der Waals surface area contributed by atoms with Crippen molar-refractivity contribution < 1.29 is 4.42 Å². The van der Waals surface area contributed by atoms with Crippen LogP contribution in [-0.4, -0.2) is 6.21 Å². The zero-order valence-electron chi connectivity index (χ0n) is 7.16. The lowest BCUT2D eigenvalue weighted by atomic mass is 10.1. The lowest BCUT2D eigenvalue weighted by molar-refractivity contribution is 0.561. The molecule has 0 fully saturated rings. The Hall–Kier alpha value is -1.57. The van der Waals surface area contributed by atoms with E-state index in [4.69, 9.17) is 4.42 Å². The van der Waals surface area contributed by atoms with Crippen LogP contribution in [0.25, 0.3) is 11.0 Å². The lowest BCUT2D eigenvalue weighted by Gasteiger charge is -2.01. The molecule has 0 aliphatic carbocycles. The molecule has 1 aromatic heterocycles. The summed E-state index contributed by atoms with van der Waals surface area (Å²) in [5.41, 5.74) is 2.25. The average Bonchev–Trinajstić information content (AvgIpc) is 2.56. The van der Waals surface area contributed by atoms with Crippen molar-refractivity contribution in [2.75, 3.05) is 0 Å². The highest BCUT2D eigenvalue weighted by Gasteiger charge is 2.14. The van der Waals surface area contributed by atoms with Crippen molar-refractivity contribution in [2.24, 2.45) is 4.99 Å². The van der Waals surface area contributed by atoms with Gasteiger partial charge in [-0.25, -0.2) is 0 Å². The van der Waals surface area contributed by atoms with Crippen LogP contribution >= 0.6 is 0 Å². The number of rotatable bonds is 0. The van der Waals surface area contributed by atoms with Crippen LogP contribution in [0.1, 0.15) is 11.3 Å². The first-order valence-electron chi connectivity index (χ1n) is 4.43. The third-order valence-corrected chi connectivity index (χ3v) is 2.44. The molecule has 13 heavy (non-hydrogen) atoms. The smallest absolute Gasteiger partial charge is 0.134 e. The first-order valence-corrected chi connectivity index (χ1v) is 4.43. The Morgan fingerprint density at radius 2 is 2.15 bits per heavy atom. The second kappa shape index (κ2) is 2.46. The number of hydrogen-bond donors (Lipinski definition) is 0. The second-order valence-electron chi connectivity index (χ2n) is 3.23. The molecule has 1 aliphatic rings. The van der Waals surface area contributed by atoms with Gasteiger partial charge in [0.15, 0.2) is 0 Å². The minimum Gasteiger partial charge on any atom is -0.460 e. The molecular weight excluding hydrogens is 162 g/mol. The zero-order valence-corrected chi connectivity index (χ0v) is 7.16. The maximum Gasteiger partial charge on any atom is 0.134 e. The molecule has 0 amide bonds. The molecule has 0 N–H and O–H groups in total. The summed E-state index contributed by atoms with van der Waals surface area (Å²) in [6.07, 6.45) is 2.76. The highest BCUT2D eigenvalue weighted by molar-refractivity contribution is 5.84. The molecule has 1 aliphatic heterocycles. The van der Waals surface area contributed by atoms with Gasteiger partial charge in [-0.2, -0.15) is 0 Å². The van der Waals surface area contributed by atoms with E-state index < -0.39 is 0 Å². The quantitative estimate of drug-likeness (QED) is 0.598. The number of nitrogens with zero attached hydrogens (tertiary/aromatic N) is 1. The molecule has 0 saturated heterocycles. The molecule has 0 bridgehead atoms. The molecule has 0 spiro atoms. The molecule has 64 valence electrons. The normalized spacial score (nSPS) is 14.8. The summed E-state index contributed by atoms with van der Waals surface area (Å²) < 4.78 is 5.70. The molecule has 0 atom stereocenters. The van der Waals surface area contributed by atoms with E-state index in [0.717, 1.165) is 24.3 Å². The molecule has 3 rings (SSSR count). The zero-order chi connectivity index (χ0) is 8.67. The summed E-state index contributed by atoms with van der Waals surface area (Å²) in [5, 5.41) is 1.22. The van der Waals surface area contributed by atoms with E-state index in [0.29, 0.717) is 0 Å². The topological polar surface area (TPSA) is 25.5 Å². The van der Waals surface area contributed by atoms with Gasteiger partial charge in [0, 0.05) is 23.6 Å². The van der Waals surface area contributed by atoms with Crippen molar-refractivity contribution in [3.63, 3.8) is 0 Å². The molecule has 2 nitrogen and oxygen atoms in total. The van der Waals surface area contributed by atoms with Crippen LogP contribution in [0, 0.1) is 0 Å². The van der Waals surface area contributed by atoms with Crippen LogP contribution in [0.4, 0.5) is 0 Å². The fourth-order valence-electron chi connectivity index (χ4n) is 1.79. The maximum atomic E-state index is 5.70. The molecule has 0 radical (unpaired) electrons. The Balaban J connectivity index is 2.37. The minimum absolute atomic E-state index is 0.770. The molecule has 0 unspecified atom stereocenters. The van der Waals surface area contributed by atoms with Crippen molar-refractivity contribution in [3.8, 4) is 0 Å². The Kier molecular flexibility index (Phi) is 1.30. The van der Waals surface area contributed by atoms with Crippen LogP contribution in [0.3, 0.4) is 0 Å². The van der Waals surface area contributed by atoms with E-state index >= 15 is 0 Å². The van der Waals surface area contributed by atoms with Crippen LogP contribution in [0.15, 0.2) is 33.7 Å². The number of fused-ring (bicyclic) bond motifs is 3. The number of para-hydroxylation sites is 1. The first-order chi connectivity index (χ1) is 6.45. The van der Waals surface area contributed by atoms with Gasteiger partial charge in [0.25, 0.3) is 0 Å². The van der Waals surface area contributed by atoms with Gasteiger partial charge < -0.3 is 4.42 Å². The van der Waals surface area contributed by atoms with E-state index in [9.17, 15) is 0 Å². The van der Waals surface area contributed by atoms with Crippen molar-refractivity contribution in [2.45, 2.75) is 13.0 Å². The van der Waals surface area contributed by atoms with Gasteiger partial charge in [-0.1, -0.05) is 18.2 Å². The Morgan fingerprint density at radius 3 is 3.15 bits per heavy atom. The SMILES string of the molecule is C1=NCc2c(oc3ccccc23)C1. The van der Waals surface area contributed by atoms with Crippen molar-refractivity contribution in [1.29, 1.82) is 0 Å². The fraction of sp³-hybridized carbons (Fsp3) is 0.182. The average molecular weight is 171 g/mol. The molecule has 0 saturated carbocycles. The summed E-state index contributed by atoms with van der Waals surface area (Å²) in [6.45, 7) is 0.770. The molecule has 2 heteroatoms. The third kappa shape index (κ3) is 0.917. The molecule has 2 heterocycles. The number of furan rings is 1. The molecule has 1 aromatic carbocycles. The van der Waals surface area contributed by atoms with Crippen molar-refractivity contribution in [3.05, 3.63) is 35.6 Å². The summed E-state index contributed by atoms with van der Waals surface area (Å²) in [7, 11) is 0. The number of aliphatic imine (C=N–C) groups is 1. The van der Waals surface area contributed by atoms with Crippen LogP contribution in [0.5, 0.6) is 0 Å². The fourth-order valence-corrected chi connectivity index (χ4v) is 1.79. The minimum atomic E-state index is 0.770. The first kappa shape index (κ1) is 6.89. The van der Waals surface area contributed by atoms with Crippen LogP contribution in [0.2, 0.25) is 0 Å². The molecule has 2 aromatic rings. The van der Waals surface area contributed by atoms with E-state index in [2.05, 4.69) is 11.1 Å². The summed E-state index contributed by atoms with van der Waals surface area (Å²) in [4.78, 5) is 4.26. The van der Waals surface area contributed by atoms with E-state index in [1.807, 2.05) is 24.4 Å². The third-order valence-electron chi connectivity index (χ3n) is 2.44.